The lowest BCUT2D eigenvalue weighted by Crippen LogP contribution is -2.18. The van der Waals surface area contributed by atoms with E-state index >= 15 is 0 Å². The van der Waals surface area contributed by atoms with Crippen LogP contribution in [0.4, 0.5) is 0 Å². The third-order valence-electron chi connectivity index (χ3n) is 4.12. The van der Waals surface area contributed by atoms with Crippen LogP contribution in [0.5, 0.6) is 0 Å². The van der Waals surface area contributed by atoms with Crippen molar-refractivity contribution in [1.82, 2.24) is 5.32 Å². The van der Waals surface area contributed by atoms with Crippen molar-refractivity contribution in [3.63, 3.8) is 0 Å². The highest BCUT2D eigenvalue weighted by Gasteiger charge is 2.11. The predicted molar refractivity (Wildman–Crippen MR) is 87.9 cm³/mol. The second-order valence-electron chi connectivity index (χ2n) is 5.61. The standard InChI is InChI=1S/C18H20BrN/c1-13(16-5-3-7-18(19)11-16)20-12-14-8-9-15-4-2-6-17(15)10-14/h3,5,7-11,13,20H,2,4,6,12H2,1H3. The highest BCUT2D eigenvalue weighted by atomic mass is 79.9. The molecule has 0 heterocycles. The molecule has 3 rings (SSSR count). The number of hydrogen-bond acceptors (Lipinski definition) is 1. The molecule has 0 spiro atoms. The molecule has 1 unspecified atom stereocenters. The van der Waals surface area contributed by atoms with Crippen LogP contribution >= 0.6 is 15.9 Å². The summed E-state index contributed by atoms with van der Waals surface area (Å²) in [5, 5.41) is 3.61. The number of nitrogens with one attached hydrogen (secondary N) is 1. The van der Waals surface area contributed by atoms with Gasteiger partial charge in [-0.05, 0) is 60.6 Å². The molecule has 0 aliphatic heterocycles. The maximum absolute atomic E-state index is 3.61. The van der Waals surface area contributed by atoms with Gasteiger partial charge in [0.05, 0.1) is 0 Å². The van der Waals surface area contributed by atoms with E-state index in [0.29, 0.717) is 6.04 Å². The second kappa shape index (κ2) is 6.11. The van der Waals surface area contributed by atoms with E-state index < -0.39 is 0 Å². The zero-order chi connectivity index (χ0) is 13.9. The molecule has 2 heteroatoms. The van der Waals surface area contributed by atoms with Crippen molar-refractivity contribution >= 4 is 15.9 Å². The predicted octanol–water partition coefficient (Wildman–Crippen LogP) is 4.79. The molecule has 20 heavy (non-hydrogen) atoms. The normalized spacial score (nSPS) is 15.1. The maximum Gasteiger partial charge on any atom is 0.0295 e. The zero-order valence-electron chi connectivity index (χ0n) is 11.8. The van der Waals surface area contributed by atoms with Crippen LogP contribution in [0.15, 0.2) is 46.9 Å². The topological polar surface area (TPSA) is 12.0 Å². The molecule has 0 saturated heterocycles. The molecule has 0 amide bonds. The van der Waals surface area contributed by atoms with Gasteiger partial charge in [-0.25, -0.2) is 0 Å². The van der Waals surface area contributed by atoms with E-state index in [1.165, 1.54) is 30.4 Å². The van der Waals surface area contributed by atoms with Crippen molar-refractivity contribution < 1.29 is 0 Å². The van der Waals surface area contributed by atoms with Gasteiger partial charge in [-0.15, -0.1) is 0 Å². The number of benzene rings is 2. The van der Waals surface area contributed by atoms with Gasteiger partial charge in [0.25, 0.3) is 0 Å². The Labute approximate surface area is 129 Å². The monoisotopic (exact) mass is 329 g/mol. The maximum atomic E-state index is 3.61. The Bertz CT molecular complexity index is 606. The Morgan fingerprint density at radius 1 is 1.10 bits per heavy atom. The van der Waals surface area contributed by atoms with Gasteiger partial charge in [-0.3, -0.25) is 0 Å². The molecule has 0 radical (unpaired) electrons. The van der Waals surface area contributed by atoms with Crippen LogP contribution in [0.25, 0.3) is 0 Å². The minimum atomic E-state index is 0.362. The third-order valence-corrected chi connectivity index (χ3v) is 4.62. The third kappa shape index (κ3) is 3.13. The van der Waals surface area contributed by atoms with Crippen LogP contribution in [0.3, 0.4) is 0 Å². The smallest absolute Gasteiger partial charge is 0.0295 e. The van der Waals surface area contributed by atoms with Crippen molar-refractivity contribution in [2.24, 2.45) is 0 Å². The van der Waals surface area contributed by atoms with Crippen molar-refractivity contribution in [2.45, 2.75) is 38.8 Å². The quantitative estimate of drug-likeness (QED) is 0.850. The van der Waals surface area contributed by atoms with Crippen LogP contribution in [0.1, 0.15) is 41.6 Å². The van der Waals surface area contributed by atoms with Crippen LogP contribution in [0, 0.1) is 0 Å². The van der Waals surface area contributed by atoms with E-state index in [9.17, 15) is 0 Å². The molecule has 2 aromatic rings. The number of fused-ring (bicyclic) bond motifs is 1. The Morgan fingerprint density at radius 3 is 2.80 bits per heavy atom. The van der Waals surface area contributed by atoms with Crippen LogP contribution in [0.2, 0.25) is 0 Å². The molecule has 1 aliphatic rings. The summed E-state index contributed by atoms with van der Waals surface area (Å²) in [6.07, 6.45) is 3.84. The molecule has 2 aromatic carbocycles. The Balaban J connectivity index is 1.64. The van der Waals surface area contributed by atoms with Crippen molar-refractivity contribution in [3.8, 4) is 0 Å². The second-order valence-corrected chi connectivity index (χ2v) is 6.53. The van der Waals surface area contributed by atoms with E-state index in [4.69, 9.17) is 0 Å². The van der Waals surface area contributed by atoms with E-state index in [1.807, 2.05) is 0 Å². The Hall–Kier alpha value is -1.12. The highest BCUT2D eigenvalue weighted by Crippen LogP contribution is 2.23. The Kier molecular flexibility index (Phi) is 4.23. The first-order valence-electron chi connectivity index (χ1n) is 7.32. The van der Waals surface area contributed by atoms with E-state index in [-0.39, 0.29) is 0 Å². The first-order chi connectivity index (χ1) is 9.72. The average Bonchev–Trinajstić information content (AvgIpc) is 2.92. The number of rotatable bonds is 4. The molecule has 0 aromatic heterocycles. The summed E-state index contributed by atoms with van der Waals surface area (Å²) in [5.74, 6) is 0. The fourth-order valence-electron chi connectivity index (χ4n) is 2.90. The number of hydrogen-bond donors (Lipinski definition) is 1. The Morgan fingerprint density at radius 2 is 1.95 bits per heavy atom. The van der Waals surface area contributed by atoms with E-state index in [1.54, 1.807) is 11.1 Å². The summed E-state index contributed by atoms with van der Waals surface area (Å²) >= 11 is 3.53. The summed E-state index contributed by atoms with van der Waals surface area (Å²) in [7, 11) is 0. The van der Waals surface area contributed by atoms with Crippen LogP contribution in [-0.4, -0.2) is 0 Å². The van der Waals surface area contributed by atoms with E-state index in [2.05, 4.69) is 70.6 Å². The van der Waals surface area contributed by atoms with Crippen LogP contribution < -0.4 is 5.32 Å². The minimum Gasteiger partial charge on any atom is -0.306 e. The van der Waals surface area contributed by atoms with Gasteiger partial charge in [0, 0.05) is 17.1 Å². The molecule has 0 saturated carbocycles. The van der Waals surface area contributed by atoms with Crippen molar-refractivity contribution in [2.75, 3.05) is 0 Å². The summed E-state index contributed by atoms with van der Waals surface area (Å²) < 4.78 is 1.14. The van der Waals surface area contributed by atoms with Gasteiger partial charge in [-0.1, -0.05) is 46.3 Å². The minimum absolute atomic E-state index is 0.362. The average molecular weight is 330 g/mol. The van der Waals surface area contributed by atoms with Crippen molar-refractivity contribution in [1.29, 1.82) is 0 Å². The number of halogens is 1. The number of aryl methyl sites for hydroxylation is 2. The SMILES string of the molecule is CC(NCc1ccc2c(c1)CCC2)c1cccc(Br)c1. The first-order valence-corrected chi connectivity index (χ1v) is 8.11. The van der Waals surface area contributed by atoms with Crippen molar-refractivity contribution in [3.05, 3.63) is 69.2 Å². The lowest BCUT2D eigenvalue weighted by molar-refractivity contribution is 0.574. The molecule has 1 aliphatic carbocycles. The lowest BCUT2D eigenvalue weighted by atomic mass is 10.1. The molecule has 1 nitrogen and oxygen atoms in total. The summed E-state index contributed by atoms with van der Waals surface area (Å²) in [4.78, 5) is 0. The molecule has 1 N–H and O–H groups in total. The lowest BCUT2D eigenvalue weighted by Gasteiger charge is -2.15. The first kappa shape index (κ1) is 13.8. The van der Waals surface area contributed by atoms with Gasteiger partial charge >= 0.3 is 0 Å². The molecule has 104 valence electrons. The summed E-state index contributed by atoms with van der Waals surface area (Å²) in [6, 6.07) is 15.8. The largest absolute Gasteiger partial charge is 0.306 e. The molecule has 1 atom stereocenters. The van der Waals surface area contributed by atoms with Gasteiger partial charge < -0.3 is 5.32 Å². The molecule has 0 fully saturated rings. The zero-order valence-corrected chi connectivity index (χ0v) is 13.4. The molecular weight excluding hydrogens is 310 g/mol. The fourth-order valence-corrected chi connectivity index (χ4v) is 3.32. The van der Waals surface area contributed by atoms with Gasteiger partial charge in [-0.2, -0.15) is 0 Å². The van der Waals surface area contributed by atoms with E-state index in [0.717, 1.165) is 11.0 Å². The fraction of sp³-hybridized carbons (Fsp3) is 0.333. The molecular formula is C18H20BrN. The summed E-state index contributed by atoms with van der Waals surface area (Å²) in [5.41, 5.74) is 5.82. The molecule has 0 bridgehead atoms. The summed E-state index contributed by atoms with van der Waals surface area (Å²) in [6.45, 7) is 3.15. The van der Waals surface area contributed by atoms with Gasteiger partial charge in [0.1, 0.15) is 0 Å². The van der Waals surface area contributed by atoms with Gasteiger partial charge in [0.2, 0.25) is 0 Å². The van der Waals surface area contributed by atoms with Crippen LogP contribution in [-0.2, 0) is 19.4 Å². The highest BCUT2D eigenvalue weighted by molar-refractivity contribution is 9.10. The van der Waals surface area contributed by atoms with Gasteiger partial charge in [0.15, 0.2) is 0 Å².